The number of carbonyl (C=O) groups is 3. The van der Waals surface area contributed by atoms with Gasteiger partial charge in [0, 0.05) is 23.7 Å². The van der Waals surface area contributed by atoms with Crippen molar-refractivity contribution in [3.63, 3.8) is 0 Å². The molecule has 1 atom stereocenters. The molecule has 0 spiro atoms. The standard InChI is InChI=1S/C23H29N5O6/c1-23(2,3)34-22(32)28-17(20(30)31)11-13-8-9-16(12-18(13)33-4)26-19(29)14-6-5-7-15(10-14)27-21(24)25/h5-10,12,17H,11H2,1-4H3,(H,26,29)(H,28,32)(H,30,31)(H4,24,25,27). The van der Waals surface area contributed by atoms with Crippen LogP contribution in [0.4, 0.5) is 16.2 Å². The lowest BCUT2D eigenvalue weighted by Crippen LogP contribution is -2.44. The lowest BCUT2D eigenvalue weighted by Gasteiger charge is -2.22. The summed E-state index contributed by atoms with van der Waals surface area (Å²) < 4.78 is 10.5. The summed E-state index contributed by atoms with van der Waals surface area (Å²) in [4.78, 5) is 40.2. The Morgan fingerprint density at radius 2 is 1.82 bits per heavy atom. The van der Waals surface area contributed by atoms with Crippen LogP contribution >= 0.6 is 0 Å². The van der Waals surface area contributed by atoms with Gasteiger partial charge in [-0.15, -0.1) is 0 Å². The van der Waals surface area contributed by atoms with Crippen LogP contribution in [0.25, 0.3) is 0 Å². The summed E-state index contributed by atoms with van der Waals surface area (Å²) in [5.74, 6) is -1.42. The van der Waals surface area contributed by atoms with E-state index in [4.69, 9.17) is 20.9 Å². The molecule has 0 fully saturated rings. The first-order valence-electron chi connectivity index (χ1n) is 10.3. The van der Waals surface area contributed by atoms with Crippen molar-refractivity contribution in [1.82, 2.24) is 5.32 Å². The van der Waals surface area contributed by atoms with Crippen LogP contribution in [0.2, 0.25) is 0 Å². The maximum Gasteiger partial charge on any atom is 0.408 e. The quantitative estimate of drug-likeness (QED) is 0.287. The predicted octanol–water partition coefficient (Wildman–Crippen LogP) is 2.37. The minimum absolute atomic E-state index is 0.0630. The highest BCUT2D eigenvalue weighted by atomic mass is 16.6. The third kappa shape index (κ3) is 8.01. The second-order valence-corrected chi connectivity index (χ2v) is 8.31. The number of hydrogen-bond acceptors (Lipinski definition) is 6. The van der Waals surface area contributed by atoms with Crippen molar-refractivity contribution in [3.8, 4) is 5.75 Å². The van der Waals surface area contributed by atoms with E-state index in [-0.39, 0.29) is 12.4 Å². The SMILES string of the molecule is COc1cc(NC(=O)c2cccc(N=C(N)N)c2)ccc1CC(NC(=O)OC(C)(C)C)C(=O)O. The molecule has 2 amide bonds. The van der Waals surface area contributed by atoms with Gasteiger partial charge in [-0.2, -0.15) is 0 Å². The van der Waals surface area contributed by atoms with Gasteiger partial charge in [0.05, 0.1) is 12.8 Å². The maximum absolute atomic E-state index is 12.6. The first kappa shape index (κ1) is 26.0. The first-order valence-corrected chi connectivity index (χ1v) is 10.3. The monoisotopic (exact) mass is 471 g/mol. The first-order chi connectivity index (χ1) is 15.9. The van der Waals surface area contributed by atoms with Crippen molar-refractivity contribution in [2.75, 3.05) is 12.4 Å². The van der Waals surface area contributed by atoms with Gasteiger partial charge in [0.15, 0.2) is 5.96 Å². The Morgan fingerprint density at radius 3 is 2.41 bits per heavy atom. The molecule has 0 heterocycles. The summed E-state index contributed by atoms with van der Waals surface area (Å²) in [7, 11) is 1.42. The molecule has 0 aromatic heterocycles. The van der Waals surface area contributed by atoms with E-state index in [0.717, 1.165) is 0 Å². The van der Waals surface area contributed by atoms with Crippen LogP contribution in [0.3, 0.4) is 0 Å². The van der Waals surface area contributed by atoms with Crippen LogP contribution in [0.1, 0.15) is 36.7 Å². The minimum atomic E-state index is -1.25. The molecule has 0 aliphatic carbocycles. The van der Waals surface area contributed by atoms with E-state index in [1.165, 1.54) is 13.2 Å². The van der Waals surface area contributed by atoms with Crippen LogP contribution in [-0.4, -0.2) is 47.8 Å². The number of carboxylic acid groups (broad SMARTS) is 1. The Kier molecular flexibility index (Phi) is 8.43. The van der Waals surface area contributed by atoms with Crippen LogP contribution in [0.15, 0.2) is 47.5 Å². The second kappa shape index (κ2) is 11.0. The summed E-state index contributed by atoms with van der Waals surface area (Å²) in [5.41, 5.74) is 11.7. The van der Waals surface area contributed by atoms with Crippen molar-refractivity contribution >= 4 is 35.3 Å². The van der Waals surface area contributed by atoms with Gasteiger partial charge in [-0.05, 0) is 50.6 Å². The normalized spacial score (nSPS) is 11.6. The topological polar surface area (TPSA) is 178 Å². The molecule has 0 saturated carbocycles. The van der Waals surface area contributed by atoms with Crippen molar-refractivity contribution in [2.24, 2.45) is 16.5 Å². The Bertz CT molecular complexity index is 1090. The van der Waals surface area contributed by atoms with Gasteiger partial charge in [-0.1, -0.05) is 12.1 Å². The van der Waals surface area contributed by atoms with Crippen molar-refractivity contribution in [2.45, 2.75) is 38.8 Å². The molecule has 0 aliphatic rings. The average molecular weight is 472 g/mol. The molecule has 2 aromatic rings. The number of nitrogens with one attached hydrogen (secondary N) is 2. The van der Waals surface area contributed by atoms with E-state index in [0.29, 0.717) is 28.3 Å². The summed E-state index contributed by atoms with van der Waals surface area (Å²) in [6, 6.07) is 9.94. The number of guanidine groups is 1. The fraction of sp³-hybridized carbons (Fsp3) is 0.304. The number of nitrogens with two attached hydrogens (primary N) is 2. The maximum atomic E-state index is 12.6. The number of rotatable bonds is 8. The fourth-order valence-electron chi connectivity index (χ4n) is 2.93. The van der Waals surface area contributed by atoms with Gasteiger partial charge in [0.1, 0.15) is 17.4 Å². The van der Waals surface area contributed by atoms with Crippen LogP contribution < -0.4 is 26.8 Å². The van der Waals surface area contributed by atoms with Crippen molar-refractivity contribution in [3.05, 3.63) is 53.6 Å². The molecule has 0 saturated heterocycles. The zero-order chi connectivity index (χ0) is 25.5. The van der Waals surface area contributed by atoms with Gasteiger partial charge in [-0.3, -0.25) is 4.79 Å². The number of hydrogen-bond donors (Lipinski definition) is 5. The molecule has 2 rings (SSSR count). The predicted molar refractivity (Wildman–Crippen MR) is 127 cm³/mol. The molecule has 182 valence electrons. The molecule has 1 unspecified atom stereocenters. The smallest absolute Gasteiger partial charge is 0.408 e. The highest BCUT2D eigenvalue weighted by Crippen LogP contribution is 2.25. The fourth-order valence-corrected chi connectivity index (χ4v) is 2.93. The zero-order valence-electron chi connectivity index (χ0n) is 19.4. The molecule has 0 radical (unpaired) electrons. The van der Waals surface area contributed by atoms with Crippen LogP contribution in [0.5, 0.6) is 5.75 Å². The number of ether oxygens (including phenoxy) is 2. The largest absolute Gasteiger partial charge is 0.496 e. The number of benzene rings is 2. The highest BCUT2D eigenvalue weighted by Gasteiger charge is 2.25. The van der Waals surface area contributed by atoms with Gasteiger partial charge >= 0.3 is 12.1 Å². The van der Waals surface area contributed by atoms with Gasteiger partial charge in [0.2, 0.25) is 0 Å². The van der Waals surface area contributed by atoms with Gasteiger partial charge < -0.3 is 36.7 Å². The summed E-state index contributed by atoms with van der Waals surface area (Å²) in [5, 5.41) is 14.6. The molecular weight excluding hydrogens is 442 g/mol. The molecule has 7 N–H and O–H groups in total. The number of amides is 2. The summed E-state index contributed by atoms with van der Waals surface area (Å²) >= 11 is 0. The van der Waals surface area contributed by atoms with E-state index in [1.54, 1.807) is 57.2 Å². The third-order valence-electron chi connectivity index (χ3n) is 4.32. The van der Waals surface area contributed by atoms with Crippen LogP contribution in [-0.2, 0) is 16.0 Å². The number of anilines is 1. The van der Waals surface area contributed by atoms with Crippen molar-refractivity contribution < 1.29 is 29.0 Å². The third-order valence-corrected chi connectivity index (χ3v) is 4.32. The van der Waals surface area contributed by atoms with E-state index >= 15 is 0 Å². The van der Waals surface area contributed by atoms with Gasteiger partial charge in [-0.25, -0.2) is 14.6 Å². The lowest BCUT2D eigenvalue weighted by atomic mass is 10.0. The number of nitrogens with zero attached hydrogens (tertiary/aromatic N) is 1. The Balaban J connectivity index is 2.17. The summed E-state index contributed by atoms with van der Waals surface area (Å²) in [6.45, 7) is 5.03. The highest BCUT2D eigenvalue weighted by molar-refractivity contribution is 6.05. The Hall–Kier alpha value is -4.28. The van der Waals surface area contributed by atoms with E-state index in [9.17, 15) is 19.5 Å². The average Bonchev–Trinajstić information content (AvgIpc) is 2.72. The summed E-state index contributed by atoms with van der Waals surface area (Å²) in [6.07, 6.45) is -0.905. The molecular formula is C23H29N5O6. The van der Waals surface area contributed by atoms with E-state index < -0.39 is 29.6 Å². The molecule has 11 heteroatoms. The Labute approximate surface area is 197 Å². The number of alkyl carbamates (subject to hydrolysis) is 1. The van der Waals surface area contributed by atoms with Crippen molar-refractivity contribution in [1.29, 1.82) is 0 Å². The minimum Gasteiger partial charge on any atom is -0.496 e. The molecule has 0 aliphatic heterocycles. The van der Waals surface area contributed by atoms with E-state index in [1.807, 2.05) is 0 Å². The second-order valence-electron chi connectivity index (χ2n) is 8.31. The zero-order valence-corrected chi connectivity index (χ0v) is 19.4. The lowest BCUT2D eigenvalue weighted by molar-refractivity contribution is -0.139. The number of aliphatic imine (C=N–C) groups is 1. The molecule has 34 heavy (non-hydrogen) atoms. The number of methoxy groups -OCH3 is 1. The molecule has 11 nitrogen and oxygen atoms in total. The van der Waals surface area contributed by atoms with Crippen LogP contribution in [0, 0.1) is 0 Å². The number of aliphatic carboxylic acids is 1. The Morgan fingerprint density at radius 1 is 1.12 bits per heavy atom. The van der Waals surface area contributed by atoms with E-state index in [2.05, 4.69) is 15.6 Å². The number of carboxylic acids is 1. The molecule has 0 bridgehead atoms. The van der Waals surface area contributed by atoms with Gasteiger partial charge in [0.25, 0.3) is 5.91 Å². The number of carbonyl (C=O) groups excluding carboxylic acids is 2. The molecule has 2 aromatic carbocycles.